The van der Waals surface area contributed by atoms with E-state index in [9.17, 15) is 9.18 Å². The highest BCUT2D eigenvalue weighted by atomic mass is 79.9. The molecule has 25 heavy (non-hydrogen) atoms. The van der Waals surface area contributed by atoms with Gasteiger partial charge in [0.25, 0.3) is 0 Å². The summed E-state index contributed by atoms with van der Waals surface area (Å²) in [5.41, 5.74) is 0.954. The van der Waals surface area contributed by atoms with E-state index in [1.165, 1.54) is 18.2 Å². The van der Waals surface area contributed by atoms with Crippen LogP contribution in [0.3, 0.4) is 0 Å². The Morgan fingerprint density at radius 2 is 2.08 bits per heavy atom. The first kappa shape index (κ1) is 18.8. The van der Waals surface area contributed by atoms with Gasteiger partial charge in [0.15, 0.2) is 18.1 Å². The number of esters is 1. The Labute approximate surface area is 154 Å². The lowest BCUT2D eigenvalue weighted by Crippen LogP contribution is -2.07. The second-order valence-corrected chi connectivity index (χ2v) is 5.77. The quantitative estimate of drug-likeness (QED) is 0.506. The predicted octanol–water partition coefficient (Wildman–Crippen LogP) is 4.36. The Bertz CT molecular complexity index is 798. The minimum absolute atomic E-state index is 0.113. The van der Waals surface area contributed by atoms with Gasteiger partial charge in [0.2, 0.25) is 0 Å². The first-order valence-electron chi connectivity index (χ1n) is 7.49. The second-order valence-electron chi connectivity index (χ2n) is 4.92. The summed E-state index contributed by atoms with van der Waals surface area (Å²) >= 11 is 3.37. The Kier molecular flexibility index (Phi) is 6.84. The Hall–Kier alpha value is -2.52. The van der Waals surface area contributed by atoms with Gasteiger partial charge in [-0.25, -0.2) is 9.18 Å². The molecule has 2 aromatic carbocycles. The van der Waals surface area contributed by atoms with Gasteiger partial charge in [-0.3, -0.25) is 0 Å². The van der Waals surface area contributed by atoms with Gasteiger partial charge < -0.3 is 14.2 Å². The molecule has 0 aromatic heterocycles. The van der Waals surface area contributed by atoms with E-state index in [1.54, 1.807) is 18.2 Å². The van der Waals surface area contributed by atoms with Crippen LogP contribution in [-0.4, -0.2) is 19.2 Å². The Morgan fingerprint density at radius 1 is 1.28 bits per heavy atom. The highest BCUT2D eigenvalue weighted by Gasteiger charge is 2.17. The molecule has 0 fully saturated rings. The lowest BCUT2D eigenvalue weighted by Gasteiger charge is -2.15. The van der Waals surface area contributed by atoms with Crippen molar-refractivity contribution < 1.29 is 23.4 Å². The highest BCUT2D eigenvalue weighted by molar-refractivity contribution is 9.10. The van der Waals surface area contributed by atoms with Crippen molar-refractivity contribution in [3.05, 3.63) is 57.8 Å². The van der Waals surface area contributed by atoms with Crippen molar-refractivity contribution in [3.63, 3.8) is 0 Å². The van der Waals surface area contributed by atoms with E-state index in [0.717, 1.165) is 0 Å². The number of rotatable bonds is 7. The van der Waals surface area contributed by atoms with E-state index >= 15 is 0 Å². The Balaban J connectivity index is 2.24. The highest BCUT2D eigenvalue weighted by Crippen LogP contribution is 2.37. The standard InChI is InChI=1S/C19H16BrFO4/c1-3-8-24-19(22)14-10-16(20)18(17(11-14)23-4-2)25-12-13-6-5-7-15(21)9-13/h1,5-7,9-11H,4,8,12H2,2H3. The van der Waals surface area contributed by atoms with Gasteiger partial charge in [0, 0.05) is 0 Å². The second kappa shape index (κ2) is 9.09. The summed E-state index contributed by atoms with van der Waals surface area (Å²) in [6.45, 7) is 2.23. The average Bonchev–Trinajstić information content (AvgIpc) is 2.59. The molecule has 0 atom stereocenters. The van der Waals surface area contributed by atoms with Crippen molar-refractivity contribution in [2.24, 2.45) is 0 Å². The van der Waals surface area contributed by atoms with E-state index in [4.69, 9.17) is 20.6 Å². The van der Waals surface area contributed by atoms with Crippen LogP contribution in [0.15, 0.2) is 40.9 Å². The van der Waals surface area contributed by atoms with Gasteiger partial charge in [0.1, 0.15) is 12.4 Å². The van der Waals surface area contributed by atoms with Crippen LogP contribution in [0.25, 0.3) is 0 Å². The molecule has 0 bridgehead atoms. The van der Waals surface area contributed by atoms with Crippen LogP contribution in [0.2, 0.25) is 0 Å². The molecule has 2 rings (SSSR count). The first-order chi connectivity index (χ1) is 12.0. The number of hydrogen-bond donors (Lipinski definition) is 0. The number of halogens is 2. The van der Waals surface area contributed by atoms with Gasteiger partial charge in [-0.15, -0.1) is 6.42 Å². The molecule has 0 aliphatic carbocycles. The number of benzene rings is 2. The molecule has 0 heterocycles. The van der Waals surface area contributed by atoms with E-state index < -0.39 is 5.97 Å². The molecule has 0 amide bonds. The van der Waals surface area contributed by atoms with Crippen LogP contribution < -0.4 is 9.47 Å². The number of carbonyl (C=O) groups is 1. The minimum atomic E-state index is -0.559. The maximum atomic E-state index is 13.3. The van der Waals surface area contributed by atoms with Crippen LogP contribution in [0.5, 0.6) is 11.5 Å². The summed E-state index contributed by atoms with van der Waals surface area (Å²) in [4.78, 5) is 12.0. The van der Waals surface area contributed by atoms with Crippen molar-refractivity contribution in [2.75, 3.05) is 13.2 Å². The summed E-state index contributed by atoms with van der Waals surface area (Å²) in [6.07, 6.45) is 5.08. The van der Waals surface area contributed by atoms with Crippen molar-refractivity contribution in [1.82, 2.24) is 0 Å². The van der Waals surface area contributed by atoms with Crippen LogP contribution in [0.1, 0.15) is 22.8 Å². The maximum Gasteiger partial charge on any atom is 0.339 e. The summed E-state index contributed by atoms with van der Waals surface area (Å²) < 4.78 is 30.0. The van der Waals surface area contributed by atoms with Crippen LogP contribution in [0.4, 0.5) is 4.39 Å². The Morgan fingerprint density at radius 3 is 2.76 bits per heavy atom. The first-order valence-corrected chi connectivity index (χ1v) is 8.28. The third kappa shape index (κ3) is 5.23. The lowest BCUT2D eigenvalue weighted by molar-refractivity contribution is 0.0556. The van der Waals surface area contributed by atoms with E-state index in [2.05, 4.69) is 21.9 Å². The summed E-state index contributed by atoms with van der Waals surface area (Å²) in [7, 11) is 0. The van der Waals surface area contributed by atoms with Crippen molar-refractivity contribution in [2.45, 2.75) is 13.5 Å². The average molecular weight is 407 g/mol. The number of terminal acetylenes is 1. The molecule has 0 saturated carbocycles. The van der Waals surface area contributed by atoms with Gasteiger partial charge in [-0.1, -0.05) is 18.1 Å². The molecular formula is C19H16BrFO4. The zero-order valence-electron chi connectivity index (χ0n) is 13.6. The molecule has 0 N–H and O–H groups in total. The zero-order valence-corrected chi connectivity index (χ0v) is 15.1. The monoisotopic (exact) mass is 406 g/mol. The van der Waals surface area contributed by atoms with Gasteiger partial charge in [-0.2, -0.15) is 0 Å². The molecular weight excluding hydrogens is 391 g/mol. The third-order valence-electron chi connectivity index (χ3n) is 3.10. The number of ether oxygens (including phenoxy) is 3. The van der Waals surface area contributed by atoms with Crippen LogP contribution in [-0.2, 0) is 11.3 Å². The van der Waals surface area contributed by atoms with Gasteiger partial charge in [-0.05, 0) is 52.7 Å². The van der Waals surface area contributed by atoms with E-state index in [-0.39, 0.29) is 24.6 Å². The van der Waals surface area contributed by atoms with Gasteiger partial charge in [0.05, 0.1) is 16.6 Å². The molecule has 130 valence electrons. The predicted molar refractivity (Wildman–Crippen MR) is 95.2 cm³/mol. The topological polar surface area (TPSA) is 44.8 Å². The smallest absolute Gasteiger partial charge is 0.339 e. The zero-order chi connectivity index (χ0) is 18.2. The number of carbonyl (C=O) groups excluding carboxylic acids is 1. The molecule has 6 heteroatoms. The lowest BCUT2D eigenvalue weighted by atomic mass is 10.2. The molecule has 0 aliphatic rings. The third-order valence-corrected chi connectivity index (χ3v) is 3.69. The van der Waals surface area contributed by atoms with E-state index in [1.807, 2.05) is 6.92 Å². The molecule has 0 spiro atoms. The van der Waals surface area contributed by atoms with Crippen molar-refractivity contribution >= 4 is 21.9 Å². The fourth-order valence-electron chi connectivity index (χ4n) is 2.06. The fourth-order valence-corrected chi connectivity index (χ4v) is 2.62. The summed E-state index contributed by atoms with van der Waals surface area (Å²) in [5, 5.41) is 0. The minimum Gasteiger partial charge on any atom is -0.490 e. The molecule has 0 unspecified atom stereocenters. The maximum absolute atomic E-state index is 13.3. The molecule has 2 aromatic rings. The van der Waals surface area contributed by atoms with E-state index in [0.29, 0.717) is 28.1 Å². The molecule has 0 aliphatic heterocycles. The van der Waals surface area contributed by atoms with Crippen molar-refractivity contribution in [3.8, 4) is 23.8 Å². The fraction of sp³-hybridized carbons (Fsp3) is 0.211. The SMILES string of the molecule is C#CCOC(=O)c1cc(Br)c(OCc2cccc(F)c2)c(OCC)c1. The van der Waals surface area contributed by atoms with Gasteiger partial charge >= 0.3 is 5.97 Å². The summed E-state index contributed by atoms with van der Waals surface area (Å²) in [5.74, 6) is 2.13. The summed E-state index contributed by atoms with van der Waals surface area (Å²) in [6, 6.07) is 9.19. The number of hydrogen-bond acceptors (Lipinski definition) is 4. The molecule has 0 saturated heterocycles. The van der Waals surface area contributed by atoms with Crippen LogP contribution >= 0.6 is 15.9 Å². The molecule has 0 radical (unpaired) electrons. The van der Waals surface area contributed by atoms with Crippen LogP contribution in [0, 0.1) is 18.2 Å². The normalized spacial score (nSPS) is 10.0. The van der Waals surface area contributed by atoms with Crippen molar-refractivity contribution in [1.29, 1.82) is 0 Å². The largest absolute Gasteiger partial charge is 0.490 e. The molecule has 4 nitrogen and oxygen atoms in total.